The highest BCUT2D eigenvalue weighted by molar-refractivity contribution is 5.84. The number of rotatable bonds is 4. The van der Waals surface area contributed by atoms with Crippen LogP contribution < -0.4 is 5.32 Å². The first-order valence-corrected chi connectivity index (χ1v) is 5.66. The zero-order valence-corrected chi connectivity index (χ0v) is 10.1. The maximum absolute atomic E-state index is 12.2. The van der Waals surface area contributed by atoms with Crippen molar-refractivity contribution in [3.63, 3.8) is 0 Å². The molecule has 1 fully saturated rings. The Hall–Kier alpha value is -1.10. The number of aliphatic carboxylic acids is 1. The number of nitrogens with zero attached hydrogens (tertiary/aromatic N) is 1. The van der Waals surface area contributed by atoms with E-state index in [0.717, 1.165) is 6.54 Å². The van der Waals surface area contributed by atoms with Gasteiger partial charge in [0.25, 0.3) is 0 Å². The minimum Gasteiger partial charge on any atom is -0.480 e. The van der Waals surface area contributed by atoms with Crippen molar-refractivity contribution in [3.05, 3.63) is 0 Å². The predicted molar refractivity (Wildman–Crippen MR) is 60.0 cm³/mol. The summed E-state index contributed by atoms with van der Waals surface area (Å²) in [5.74, 6) is -0.806. The lowest BCUT2D eigenvalue weighted by Gasteiger charge is -2.28. The molecule has 2 N–H and O–H groups in total. The SMILES string of the molecule is CC1CNCC1C(=O)N(CC(=O)O)C(C)C. The zero-order valence-electron chi connectivity index (χ0n) is 10.1. The van der Waals surface area contributed by atoms with Gasteiger partial charge in [-0.3, -0.25) is 9.59 Å². The molecule has 1 rings (SSSR count). The number of nitrogens with one attached hydrogen (secondary N) is 1. The van der Waals surface area contributed by atoms with Crippen molar-refractivity contribution < 1.29 is 14.7 Å². The fraction of sp³-hybridized carbons (Fsp3) is 0.818. The molecule has 0 aromatic heterocycles. The third-order valence-electron chi connectivity index (χ3n) is 3.05. The van der Waals surface area contributed by atoms with Crippen LogP contribution in [0.4, 0.5) is 0 Å². The smallest absolute Gasteiger partial charge is 0.323 e. The van der Waals surface area contributed by atoms with Crippen LogP contribution in [0.25, 0.3) is 0 Å². The second kappa shape index (κ2) is 5.30. The first-order chi connectivity index (χ1) is 7.43. The highest BCUT2D eigenvalue weighted by Gasteiger charge is 2.34. The van der Waals surface area contributed by atoms with E-state index < -0.39 is 5.97 Å². The molecule has 1 saturated heterocycles. The van der Waals surface area contributed by atoms with Crippen LogP contribution in [0.1, 0.15) is 20.8 Å². The number of hydrogen-bond donors (Lipinski definition) is 2. The van der Waals surface area contributed by atoms with Crippen molar-refractivity contribution in [2.45, 2.75) is 26.8 Å². The van der Waals surface area contributed by atoms with Crippen LogP contribution in [-0.4, -0.2) is 47.6 Å². The summed E-state index contributed by atoms with van der Waals surface area (Å²) in [7, 11) is 0. The van der Waals surface area contributed by atoms with E-state index in [0.29, 0.717) is 6.54 Å². The van der Waals surface area contributed by atoms with Gasteiger partial charge in [0.15, 0.2) is 0 Å². The van der Waals surface area contributed by atoms with E-state index in [9.17, 15) is 9.59 Å². The van der Waals surface area contributed by atoms with Crippen LogP contribution in [0.5, 0.6) is 0 Å². The first kappa shape index (κ1) is 13.0. The van der Waals surface area contributed by atoms with E-state index in [4.69, 9.17) is 5.11 Å². The van der Waals surface area contributed by atoms with Gasteiger partial charge in [0.2, 0.25) is 5.91 Å². The monoisotopic (exact) mass is 228 g/mol. The molecule has 0 radical (unpaired) electrons. The lowest BCUT2D eigenvalue weighted by molar-refractivity contribution is -0.148. The molecule has 5 nitrogen and oxygen atoms in total. The van der Waals surface area contributed by atoms with Crippen molar-refractivity contribution in [2.75, 3.05) is 19.6 Å². The molecule has 0 aliphatic carbocycles. The minimum atomic E-state index is -0.958. The van der Waals surface area contributed by atoms with Crippen LogP contribution in [0.3, 0.4) is 0 Å². The molecule has 0 saturated carbocycles. The minimum absolute atomic E-state index is 0.0464. The molecule has 2 unspecified atom stereocenters. The highest BCUT2D eigenvalue weighted by atomic mass is 16.4. The Bertz CT molecular complexity index is 278. The van der Waals surface area contributed by atoms with Crippen molar-refractivity contribution >= 4 is 11.9 Å². The van der Waals surface area contributed by atoms with Gasteiger partial charge in [0.05, 0.1) is 5.92 Å². The predicted octanol–water partition coefficient (Wildman–Crippen LogP) is 0.164. The number of carbonyl (C=O) groups excluding carboxylic acids is 1. The van der Waals surface area contributed by atoms with Crippen molar-refractivity contribution in [2.24, 2.45) is 11.8 Å². The summed E-state index contributed by atoms with van der Waals surface area (Å²) >= 11 is 0. The van der Waals surface area contributed by atoms with Gasteiger partial charge >= 0.3 is 5.97 Å². The highest BCUT2D eigenvalue weighted by Crippen LogP contribution is 2.19. The first-order valence-electron chi connectivity index (χ1n) is 5.66. The summed E-state index contributed by atoms with van der Waals surface area (Å²) in [6.45, 7) is 6.97. The standard InChI is InChI=1S/C11H20N2O3/c1-7(2)13(6-10(14)15)11(16)9-5-12-4-8(9)3/h7-9,12H,4-6H2,1-3H3,(H,14,15). The fourth-order valence-corrected chi connectivity index (χ4v) is 2.01. The average Bonchev–Trinajstić information content (AvgIpc) is 2.59. The Balaban J connectivity index is 2.70. The summed E-state index contributed by atoms with van der Waals surface area (Å²) in [6, 6.07) is -0.0728. The third-order valence-corrected chi connectivity index (χ3v) is 3.05. The number of carboxylic acids is 1. The van der Waals surface area contributed by atoms with E-state index in [1.54, 1.807) is 0 Å². The van der Waals surface area contributed by atoms with E-state index in [2.05, 4.69) is 5.32 Å². The van der Waals surface area contributed by atoms with Gasteiger partial charge in [-0.25, -0.2) is 0 Å². The molecule has 16 heavy (non-hydrogen) atoms. The molecule has 1 heterocycles. The molecular weight excluding hydrogens is 208 g/mol. The van der Waals surface area contributed by atoms with Crippen molar-refractivity contribution in [3.8, 4) is 0 Å². The lowest BCUT2D eigenvalue weighted by atomic mass is 9.96. The quantitative estimate of drug-likeness (QED) is 0.719. The molecule has 0 bridgehead atoms. The van der Waals surface area contributed by atoms with Gasteiger partial charge in [-0.05, 0) is 26.3 Å². The van der Waals surface area contributed by atoms with Crippen LogP contribution in [0.15, 0.2) is 0 Å². The van der Waals surface area contributed by atoms with E-state index in [-0.39, 0.29) is 30.3 Å². The van der Waals surface area contributed by atoms with Gasteiger partial charge < -0.3 is 15.3 Å². The van der Waals surface area contributed by atoms with Crippen LogP contribution in [0.2, 0.25) is 0 Å². The summed E-state index contributed by atoms with van der Waals surface area (Å²) < 4.78 is 0. The fourth-order valence-electron chi connectivity index (χ4n) is 2.01. The largest absolute Gasteiger partial charge is 0.480 e. The Morgan fingerprint density at radius 1 is 1.44 bits per heavy atom. The molecule has 5 heteroatoms. The topological polar surface area (TPSA) is 69.6 Å². The second-order valence-corrected chi connectivity index (χ2v) is 4.70. The van der Waals surface area contributed by atoms with E-state index >= 15 is 0 Å². The second-order valence-electron chi connectivity index (χ2n) is 4.70. The van der Waals surface area contributed by atoms with Gasteiger partial charge in [-0.15, -0.1) is 0 Å². The molecule has 0 aromatic carbocycles. The van der Waals surface area contributed by atoms with Crippen LogP contribution in [0, 0.1) is 11.8 Å². The normalized spacial score (nSPS) is 24.8. The number of carboxylic acid groups (broad SMARTS) is 1. The van der Waals surface area contributed by atoms with Gasteiger partial charge in [0.1, 0.15) is 6.54 Å². The third kappa shape index (κ3) is 2.95. The summed E-state index contributed by atoms with van der Waals surface area (Å²) in [4.78, 5) is 24.3. The number of carbonyl (C=O) groups is 2. The van der Waals surface area contributed by atoms with Gasteiger partial charge in [0, 0.05) is 12.6 Å². The maximum Gasteiger partial charge on any atom is 0.323 e. The van der Waals surface area contributed by atoms with E-state index in [1.165, 1.54) is 4.90 Å². The lowest BCUT2D eigenvalue weighted by Crippen LogP contribution is -2.45. The zero-order chi connectivity index (χ0) is 12.3. The Morgan fingerprint density at radius 2 is 2.06 bits per heavy atom. The maximum atomic E-state index is 12.2. The molecule has 1 aliphatic heterocycles. The molecule has 92 valence electrons. The van der Waals surface area contributed by atoms with Gasteiger partial charge in [-0.2, -0.15) is 0 Å². The molecule has 1 aliphatic rings. The number of hydrogen-bond acceptors (Lipinski definition) is 3. The average molecular weight is 228 g/mol. The molecule has 2 atom stereocenters. The Morgan fingerprint density at radius 3 is 2.44 bits per heavy atom. The number of amides is 1. The molecule has 1 amide bonds. The Kier molecular flexibility index (Phi) is 4.29. The van der Waals surface area contributed by atoms with Crippen molar-refractivity contribution in [1.82, 2.24) is 10.2 Å². The van der Waals surface area contributed by atoms with E-state index in [1.807, 2.05) is 20.8 Å². The Labute approximate surface area is 95.8 Å². The van der Waals surface area contributed by atoms with Crippen LogP contribution in [-0.2, 0) is 9.59 Å². The summed E-state index contributed by atoms with van der Waals surface area (Å²) in [6.07, 6.45) is 0. The summed E-state index contributed by atoms with van der Waals surface area (Å²) in [5.41, 5.74) is 0. The van der Waals surface area contributed by atoms with Gasteiger partial charge in [-0.1, -0.05) is 6.92 Å². The summed E-state index contributed by atoms with van der Waals surface area (Å²) in [5, 5.41) is 11.9. The molecular formula is C11H20N2O3. The van der Waals surface area contributed by atoms with Crippen molar-refractivity contribution in [1.29, 1.82) is 0 Å². The van der Waals surface area contributed by atoms with Crippen LogP contribution >= 0.6 is 0 Å². The molecule has 0 spiro atoms. The molecule has 0 aromatic rings.